The molecule has 2 heterocycles. The van der Waals surface area contributed by atoms with Crippen molar-refractivity contribution in [2.45, 2.75) is 32.4 Å². The second kappa shape index (κ2) is 6.09. The van der Waals surface area contributed by atoms with Gasteiger partial charge in [0.25, 0.3) is 0 Å². The summed E-state index contributed by atoms with van der Waals surface area (Å²) in [4.78, 5) is 36.6. The van der Waals surface area contributed by atoms with Crippen LogP contribution in [0, 0.1) is 0 Å². The summed E-state index contributed by atoms with van der Waals surface area (Å²) in [6.07, 6.45) is 0.577. The van der Waals surface area contributed by atoms with E-state index >= 15 is 0 Å². The molecule has 2 rings (SSSR count). The summed E-state index contributed by atoms with van der Waals surface area (Å²) in [5, 5.41) is 2.32. The molecule has 0 spiro atoms. The minimum atomic E-state index is -0.562. The first-order valence-electron chi connectivity index (χ1n) is 6.75. The summed E-state index contributed by atoms with van der Waals surface area (Å²) >= 11 is 0. The van der Waals surface area contributed by atoms with Crippen LogP contribution in [-0.2, 0) is 14.3 Å². The van der Waals surface area contributed by atoms with Crippen LogP contribution >= 0.6 is 0 Å². The molecule has 1 aromatic rings. The standard InChI is InChI=1S/C14H18N2O5/c1-4-9-13(18)15-12(17)7-16(9)8(2)10-5-6-11(21-10)14(19)20-3/h5-6,8-9H,4,7H2,1-3H3,(H,15,17,18). The van der Waals surface area contributed by atoms with Crippen molar-refractivity contribution in [2.24, 2.45) is 0 Å². The predicted octanol–water partition coefficient (Wildman–Crippen LogP) is 0.864. The van der Waals surface area contributed by atoms with E-state index in [-0.39, 0.29) is 30.2 Å². The van der Waals surface area contributed by atoms with Gasteiger partial charge in [-0.1, -0.05) is 6.92 Å². The van der Waals surface area contributed by atoms with Crippen LogP contribution in [0.3, 0.4) is 0 Å². The van der Waals surface area contributed by atoms with E-state index in [1.54, 1.807) is 11.0 Å². The molecule has 114 valence electrons. The lowest BCUT2D eigenvalue weighted by molar-refractivity contribution is -0.141. The molecular formula is C14H18N2O5. The van der Waals surface area contributed by atoms with Gasteiger partial charge in [0.2, 0.25) is 17.6 Å². The molecule has 7 heteroatoms. The third kappa shape index (κ3) is 2.97. The van der Waals surface area contributed by atoms with Crippen LogP contribution in [0.15, 0.2) is 16.5 Å². The zero-order valence-corrected chi connectivity index (χ0v) is 12.2. The third-order valence-corrected chi connectivity index (χ3v) is 3.60. The smallest absolute Gasteiger partial charge is 0.373 e. The van der Waals surface area contributed by atoms with Crippen LogP contribution in [0.1, 0.15) is 42.6 Å². The van der Waals surface area contributed by atoms with Crippen LogP contribution in [0.2, 0.25) is 0 Å². The molecule has 1 aliphatic heterocycles. The molecule has 1 N–H and O–H groups in total. The Morgan fingerprint density at radius 1 is 1.52 bits per heavy atom. The highest BCUT2D eigenvalue weighted by Gasteiger charge is 2.36. The Morgan fingerprint density at radius 2 is 2.24 bits per heavy atom. The zero-order valence-electron chi connectivity index (χ0n) is 12.2. The number of piperazine rings is 1. The number of esters is 1. The van der Waals surface area contributed by atoms with E-state index in [2.05, 4.69) is 10.1 Å². The lowest BCUT2D eigenvalue weighted by atomic mass is 10.1. The monoisotopic (exact) mass is 294 g/mol. The Morgan fingerprint density at radius 3 is 2.86 bits per heavy atom. The molecule has 1 fully saturated rings. The minimum Gasteiger partial charge on any atom is -0.463 e. The Bertz CT molecular complexity index is 565. The second-order valence-corrected chi connectivity index (χ2v) is 4.88. The number of carbonyl (C=O) groups is 3. The molecule has 2 unspecified atom stereocenters. The number of rotatable bonds is 4. The molecule has 0 aromatic carbocycles. The maximum Gasteiger partial charge on any atom is 0.373 e. The van der Waals surface area contributed by atoms with Crippen molar-refractivity contribution in [3.63, 3.8) is 0 Å². The molecule has 21 heavy (non-hydrogen) atoms. The van der Waals surface area contributed by atoms with Gasteiger partial charge in [0.05, 0.1) is 25.7 Å². The summed E-state index contributed by atoms with van der Waals surface area (Å²) in [6.45, 7) is 3.82. The predicted molar refractivity (Wildman–Crippen MR) is 72.4 cm³/mol. The van der Waals surface area contributed by atoms with Crippen LogP contribution in [0.4, 0.5) is 0 Å². The van der Waals surface area contributed by atoms with E-state index in [9.17, 15) is 14.4 Å². The number of imide groups is 1. The fraction of sp³-hybridized carbons (Fsp3) is 0.500. The fourth-order valence-corrected chi connectivity index (χ4v) is 2.46. The molecule has 2 atom stereocenters. The number of carbonyl (C=O) groups excluding carboxylic acids is 3. The molecule has 0 radical (unpaired) electrons. The summed E-state index contributed by atoms with van der Waals surface area (Å²) < 4.78 is 10.0. The normalized spacial score (nSPS) is 21.0. The summed E-state index contributed by atoms with van der Waals surface area (Å²) in [7, 11) is 1.27. The van der Waals surface area contributed by atoms with Gasteiger partial charge < -0.3 is 9.15 Å². The SMILES string of the molecule is CCC1C(=O)NC(=O)CN1C(C)c1ccc(C(=O)OC)o1. The van der Waals surface area contributed by atoms with Crippen LogP contribution in [-0.4, -0.2) is 42.4 Å². The summed E-state index contributed by atoms with van der Waals surface area (Å²) in [5.41, 5.74) is 0. The largest absolute Gasteiger partial charge is 0.463 e. The van der Waals surface area contributed by atoms with Gasteiger partial charge in [-0.2, -0.15) is 0 Å². The Labute approximate surface area is 122 Å². The van der Waals surface area contributed by atoms with Crippen molar-refractivity contribution in [3.8, 4) is 0 Å². The second-order valence-electron chi connectivity index (χ2n) is 4.88. The van der Waals surface area contributed by atoms with Gasteiger partial charge in [0.15, 0.2) is 0 Å². The van der Waals surface area contributed by atoms with Crippen molar-refractivity contribution < 1.29 is 23.5 Å². The van der Waals surface area contributed by atoms with Crippen molar-refractivity contribution in [3.05, 3.63) is 23.7 Å². The number of hydrogen-bond acceptors (Lipinski definition) is 6. The number of nitrogens with zero attached hydrogens (tertiary/aromatic N) is 1. The number of ether oxygens (including phenoxy) is 1. The number of furan rings is 1. The highest BCUT2D eigenvalue weighted by atomic mass is 16.5. The molecule has 7 nitrogen and oxygen atoms in total. The average molecular weight is 294 g/mol. The lowest BCUT2D eigenvalue weighted by Gasteiger charge is -2.36. The highest BCUT2D eigenvalue weighted by molar-refractivity contribution is 6.01. The molecule has 0 bridgehead atoms. The third-order valence-electron chi connectivity index (χ3n) is 3.60. The Kier molecular flexibility index (Phi) is 4.42. The maximum absolute atomic E-state index is 11.9. The van der Waals surface area contributed by atoms with Gasteiger partial charge in [0.1, 0.15) is 5.76 Å². The van der Waals surface area contributed by atoms with Gasteiger partial charge >= 0.3 is 5.97 Å². The Balaban J connectivity index is 2.22. The van der Waals surface area contributed by atoms with E-state index in [0.717, 1.165) is 0 Å². The number of methoxy groups -OCH3 is 1. The van der Waals surface area contributed by atoms with Gasteiger partial charge in [-0.3, -0.25) is 19.8 Å². The fourth-order valence-electron chi connectivity index (χ4n) is 2.46. The van der Waals surface area contributed by atoms with E-state index in [4.69, 9.17) is 4.42 Å². The van der Waals surface area contributed by atoms with Gasteiger partial charge in [-0.25, -0.2) is 4.79 Å². The van der Waals surface area contributed by atoms with Crippen LogP contribution in [0.5, 0.6) is 0 Å². The minimum absolute atomic E-state index is 0.0974. The number of hydrogen-bond donors (Lipinski definition) is 1. The van der Waals surface area contributed by atoms with Crippen molar-refractivity contribution in [1.29, 1.82) is 0 Å². The van der Waals surface area contributed by atoms with Crippen LogP contribution in [0.25, 0.3) is 0 Å². The first-order chi connectivity index (χ1) is 9.97. The molecule has 0 saturated carbocycles. The average Bonchev–Trinajstić information content (AvgIpc) is 2.94. The van der Waals surface area contributed by atoms with Gasteiger partial charge in [-0.15, -0.1) is 0 Å². The number of nitrogens with one attached hydrogen (secondary N) is 1. The first kappa shape index (κ1) is 15.2. The topological polar surface area (TPSA) is 88.9 Å². The summed E-state index contributed by atoms with van der Waals surface area (Å²) in [5.74, 6) is -0.596. The van der Waals surface area contributed by atoms with Gasteiger partial charge in [-0.05, 0) is 25.5 Å². The van der Waals surface area contributed by atoms with E-state index in [1.165, 1.54) is 13.2 Å². The molecule has 1 saturated heterocycles. The van der Waals surface area contributed by atoms with Crippen molar-refractivity contribution >= 4 is 17.8 Å². The number of amides is 2. The molecule has 1 aliphatic rings. The van der Waals surface area contributed by atoms with Crippen molar-refractivity contribution in [1.82, 2.24) is 10.2 Å². The molecular weight excluding hydrogens is 276 g/mol. The first-order valence-corrected chi connectivity index (χ1v) is 6.75. The van der Waals surface area contributed by atoms with E-state index in [1.807, 2.05) is 13.8 Å². The maximum atomic E-state index is 11.9. The van der Waals surface area contributed by atoms with E-state index in [0.29, 0.717) is 12.2 Å². The summed E-state index contributed by atoms with van der Waals surface area (Å²) in [6, 6.07) is 2.47. The van der Waals surface area contributed by atoms with Crippen molar-refractivity contribution in [2.75, 3.05) is 13.7 Å². The lowest BCUT2D eigenvalue weighted by Crippen LogP contribution is -2.58. The molecule has 2 amide bonds. The quantitative estimate of drug-likeness (QED) is 0.654. The Hall–Kier alpha value is -2.15. The van der Waals surface area contributed by atoms with Crippen LogP contribution < -0.4 is 5.32 Å². The zero-order chi connectivity index (χ0) is 15.6. The molecule has 1 aromatic heterocycles. The van der Waals surface area contributed by atoms with E-state index < -0.39 is 12.0 Å². The van der Waals surface area contributed by atoms with Gasteiger partial charge in [0, 0.05) is 0 Å². The highest BCUT2D eigenvalue weighted by Crippen LogP contribution is 2.27. The molecule has 0 aliphatic carbocycles.